The van der Waals surface area contributed by atoms with Crippen molar-refractivity contribution in [2.75, 3.05) is 6.54 Å². The number of aryl methyl sites for hydroxylation is 1. The highest BCUT2D eigenvalue weighted by Gasteiger charge is 2.54. The Hall–Kier alpha value is -1.86. The number of rotatable bonds is 10. The Bertz CT molecular complexity index is 1280. The lowest BCUT2D eigenvalue weighted by Gasteiger charge is -2.36. The molecule has 3 amide bonds. The van der Waals surface area contributed by atoms with Crippen LogP contribution in [0.3, 0.4) is 0 Å². The van der Waals surface area contributed by atoms with Gasteiger partial charge in [0.15, 0.2) is 0 Å². The van der Waals surface area contributed by atoms with Crippen LogP contribution in [0.25, 0.3) is 10.4 Å². The first kappa shape index (κ1) is 30.1. The van der Waals surface area contributed by atoms with Gasteiger partial charge in [0.25, 0.3) is 0 Å². The zero-order valence-corrected chi connectivity index (χ0v) is 26.4. The molecule has 3 N–H and O–H groups in total. The number of amides is 3. The van der Waals surface area contributed by atoms with Gasteiger partial charge in [-0.15, -0.1) is 11.3 Å². The van der Waals surface area contributed by atoms with E-state index >= 15 is 0 Å². The molecule has 2 fully saturated rings. The smallest absolute Gasteiger partial charge is 0.247 e. The molecule has 1 aliphatic heterocycles. The minimum Gasteiger partial charge on any atom is -0.391 e. The molecule has 39 heavy (non-hydrogen) atoms. The third kappa shape index (κ3) is 6.73. The quantitative estimate of drug-likeness (QED) is 0.251. The Morgan fingerprint density at radius 2 is 2.03 bits per heavy atom. The molecule has 0 bridgehead atoms. The maximum Gasteiger partial charge on any atom is 0.247 e. The molecule has 4 rings (SSSR count). The fourth-order valence-electron chi connectivity index (χ4n) is 4.58. The van der Waals surface area contributed by atoms with Crippen molar-refractivity contribution in [3.05, 3.63) is 41.0 Å². The molecular weight excluding hydrogens is 669 g/mol. The van der Waals surface area contributed by atoms with Crippen LogP contribution in [0.1, 0.15) is 44.4 Å². The molecule has 2 heterocycles. The van der Waals surface area contributed by atoms with Crippen LogP contribution in [0.4, 0.5) is 0 Å². The molecule has 208 valence electrons. The van der Waals surface area contributed by atoms with E-state index in [2.05, 4.69) is 42.9 Å². The monoisotopic (exact) mass is 699 g/mol. The maximum atomic E-state index is 13.9. The fourth-order valence-corrected chi connectivity index (χ4v) is 10.8. The molecule has 1 saturated heterocycles. The lowest BCUT2D eigenvalue weighted by atomic mass is 9.99. The van der Waals surface area contributed by atoms with E-state index in [0.29, 0.717) is 12.8 Å². The van der Waals surface area contributed by atoms with Gasteiger partial charge in [0.05, 0.1) is 33.0 Å². The first-order chi connectivity index (χ1) is 18.5. The second-order valence-corrected chi connectivity index (χ2v) is 16.7. The van der Waals surface area contributed by atoms with Crippen LogP contribution < -0.4 is 10.6 Å². The summed E-state index contributed by atoms with van der Waals surface area (Å²) in [6.45, 7) is 5.92. The van der Waals surface area contributed by atoms with Crippen LogP contribution in [0.15, 0.2) is 29.8 Å². The number of likely N-dealkylation sites (tertiary alicyclic amines) is 1. The first-order valence-electron chi connectivity index (χ1n) is 12.5. The fraction of sp³-hybridized carbons (Fsp3) is 0.500. The Morgan fingerprint density at radius 1 is 1.33 bits per heavy atom. The number of β-amino-alcohol motifs (C(OH)–C–C–N with tert-alkyl or cyclic N) is 1. The largest absolute Gasteiger partial charge is 0.391 e. The van der Waals surface area contributed by atoms with Crippen molar-refractivity contribution < 1.29 is 19.5 Å². The summed E-state index contributed by atoms with van der Waals surface area (Å²) in [5.41, 5.74) is 3.65. The topological polar surface area (TPSA) is 135 Å². The summed E-state index contributed by atoms with van der Waals surface area (Å²) in [4.78, 5) is 46.8. The van der Waals surface area contributed by atoms with Crippen LogP contribution >= 0.6 is 51.3 Å². The number of aromatic nitrogens is 1. The molecule has 0 spiro atoms. The van der Waals surface area contributed by atoms with E-state index in [1.54, 1.807) is 11.3 Å². The molecule has 2 aromatic rings. The summed E-state index contributed by atoms with van der Waals surface area (Å²) in [6, 6.07) is 8.08. The standard InChI is InChI=1S/C26H30IN5O4S3/c1-15-20(37-14-30-15)17-6-4-16(5-7-17)11-29-22(34)19-10-18(33)12-32(19)23(35)21(25(2,3)38-39-27)31-24(36)26(13-28)8-9-26/h4-7,14,18-19,21,33H,8-12H2,1-3H3,(H,29,34)(H,31,36)/t18-,19?,21-/m1/s1. The number of nitrogens with zero attached hydrogens (tertiary/aromatic N) is 3. The van der Waals surface area contributed by atoms with Crippen LogP contribution in [0.2, 0.25) is 0 Å². The lowest BCUT2D eigenvalue weighted by Crippen LogP contribution is -2.60. The number of hydrogen-bond donors (Lipinski definition) is 3. The lowest BCUT2D eigenvalue weighted by molar-refractivity contribution is -0.142. The summed E-state index contributed by atoms with van der Waals surface area (Å²) in [5.74, 6) is -1.27. The summed E-state index contributed by atoms with van der Waals surface area (Å²) in [5, 5.41) is 25.6. The maximum absolute atomic E-state index is 13.9. The van der Waals surface area contributed by atoms with E-state index in [1.807, 2.05) is 50.5 Å². The number of carbonyl (C=O) groups excluding carboxylic acids is 3. The van der Waals surface area contributed by atoms with E-state index < -0.39 is 40.2 Å². The predicted octanol–water partition coefficient (Wildman–Crippen LogP) is 4.00. The third-order valence-corrected chi connectivity index (χ3v) is 12.0. The van der Waals surface area contributed by atoms with Crippen molar-refractivity contribution in [3.8, 4) is 16.5 Å². The van der Waals surface area contributed by atoms with Gasteiger partial charge in [0, 0.05) is 40.7 Å². The number of carbonyl (C=O) groups is 3. The van der Waals surface area contributed by atoms with Gasteiger partial charge >= 0.3 is 0 Å². The Labute approximate surface area is 251 Å². The summed E-state index contributed by atoms with van der Waals surface area (Å²) >= 11 is 3.69. The average molecular weight is 700 g/mol. The molecule has 3 atom stereocenters. The SMILES string of the molecule is Cc1ncsc1-c1ccc(CNC(=O)C2C[C@@H](O)CN2C(=O)[C@@H](NC(=O)C2(C#N)CC2)C(C)(C)SSI)cc1. The van der Waals surface area contributed by atoms with Crippen molar-refractivity contribution in [1.82, 2.24) is 20.5 Å². The normalized spacial score (nSPS) is 20.7. The van der Waals surface area contributed by atoms with E-state index in [9.17, 15) is 24.8 Å². The van der Waals surface area contributed by atoms with Crippen molar-refractivity contribution in [2.24, 2.45) is 5.41 Å². The van der Waals surface area contributed by atoms with Gasteiger partial charge in [0.1, 0.15) is 17.5 Å². The van der Waals surface area contributed by atoms with Gasteiger partial charge < -0.3 is 20.6 Å². The summed E-state index contributed by atoms with van der Waals surface area (Å²) < 4.78 is -0.739. The molecule has 9 nitrogen and oxygen atoms in total. The molecule has 2 aliphatic rings. The minimum atomic E-state index is -1.09. The minimum absolute atomic E-state index is 0.00624. The molecular formula is C26H30IN5O4S3. The van der Waals surface area contributed by atoms with Gasteiger partial charge in [-0.2, -0.15) is 5.26 Å². The van der Waals surface area contributed by atoms with Crippen molar-refractivity contribution in [3.63, 3.8) is 0 Å². The number of thiazole rings is 1. The Kier molecular flexibility index (Phi) is 9.52. The van der Waals surface area contributed by atoms with Crippen molar-refractivity contribution in [2.45, 2.75) is 69.5 Å². The van der Waals surface area contributed by atoms with E-state index in [1.165, 1.54) is 23.7 Å². The van der Waals surface area contributed by atoms with Crippen molar-refractivity contribution in [1.29, 1.82) is 5.26 Å². The van der Waals surface area contributed by atoms with Gasteiger partial charge in [-0.25, -0.2) is 4.98 Å². The number of aliphatic hydroxyl groups excluding tert-OH is 1. The average Bonchev–Trinajstić information content (AvgIpc) is 3.45. The predicted molar refractivity (Wildman–Crippen MR) is 163 cm³/mol. The number of nitriles is 1. The zero-order valence-electron chi connectivity index (χ0n) is 21.8. The Morgan fingerprint density at radius 3 is 2.59 bits per heavy atom. The van der Waals surface area contributed by atoms with Crippen LogP contribution in [-0.4, -0.2) is 62.2 Å². The van der Waals surface area contributed by atoms with Crippen molar-refractivity contribution >= 4 is 69.0 Å². The van der Waals surface area contributed by atoms with Crippen LogP contribution in [-0.2, 0) is 20.9 Å². The first-order valence-corrected chi connectivity index (χ1v) is 18.0. The van der Waals surface area contributed by atoms with Gasteiger partial charge in [-0.05, 0) is 52.7 Å². The third-order valence-electron chi connectivity index (χ3n) is 7.16. The van der Waals surface area contributed by atoms with Crippen LogP contribution in [0, 0.1) is 23.7 Å². The van der Waals surface area contributed by atoms with E-state index in [0.717, 1.165) is 21.7 Å². The molecule has 1 unspecified atom stereocenters. The highest BCUT2D eigenvalue weighted by atomic mass is 127. The molecule has 1 aliphatic carbocycles. The number of nitrogens with one attached hydrogen (secondary N) is 2. The molecule has 1 saturated carbocycles. The summed E-state index contributed by atoms with van der Waals surface area (Å²) in [7, 11) is 2.86. The second-order valence-electron chi connectivity index (χ2n) is 10.4. The molecule has 0 radical (unpaired) electrons. The molecule has 1 aromatic heterocycles. The van der Waals surface area contributed by atoms with Gasteiger partial charge in [-0.1, -0.05) is 35.1 Å². The zero-order chi connectivity index (χ0) is 28.4. The number of halogens is 1. The van der Waals surface area contributed by atoms with E-state index in [4.69, 9.17) is 0 Å². The molecule has 1 aromatic carbocycles. The summed E-state index contributed by atoms with van der Waals surface area (Å²) in [6.07, 6.45) is 0.178. The van der Waals surface area contributed by atoms with Gasteiger partial charge in [0.2, 0.25) is 17.7 Å². The van der Waals surface area contributed by atoms with Gasteiger partial charge in [-0.3, -0.25) is 14.4 Å². The highest BCUT2D eigenvalue weighted by molar-refractivity contribution is 14.2. The second kappa shape index (κ2) is 12.3. The van der Waals surface area contributed by atoms with E-state index in [-0.39, 0.29) is 25.4 Å². The van der Waals surface area contributed by atoms with Crippen LogP contribution in [0.5, 0.6) is 0 Å². The number of aliphatic hydroxyl groups is 1. The number of hydrogen-bond acceptors (Lipinski definition) is 9. The highest BCUT2D eigenvalue weighted by Crippen LogP contribution is 2.47. The Balaban J connectivity index is 1.46. The number of benzene rings is 1. The molecule has 13 heteroatoms.